The van der Waals surface area contributed by atoms with Crippen molar-refractivity contribution in [3.8, 4) is 5.88 Å². The Labute approximate surface area is 90.5 Å². The van der Waals surface area contributed by atoms with Gasteiger partial charge in [0.2, 0.25) is 5.88 Å². The first-order valence-electron chi connectivity index (χ1n) is 4.88. The monoisotopic (exact) mass is 204 g/mol. The van der Waals surface area contributed by atoms with Gasteiger partial charge in [0.1, 0.15) is 5.82 Å². The molecule has 0 saturated heterocycles. The summed E-state index contributed by atoms with van der Waals surface area (Å²) in [5, 5.41) is 0. The van der Waals surface area contributed by atoms with E-state index in [-0.39, 0.29) is 6.10 Å². The molecule has 0 aliphatic heterocycles. The van der Waals surface area contributed by atoms with Crippen molar-refractivity contribution in [2.24, 2.45) is 0 Å². The maximum atomic E-state index is 5.59. The van der Waals surface area contributed by atoms with Crippen LogP contribution in [0.15, 0.2) is 13.2 Å². The zero-order valence-electron chi connectivity index (χ0n) is 9.45. The molecule has 0 amide bonds. The molecule has 0 fully saturated rings. The first kappa shape index (κ1) is 11.4. The standard InChI is InChI=1S/C12H16N2O/c1-6-10-11(7-2)13-9(5)14-12(10)15-8(3)4/h6-8H,1-2H2,3-5H3. The lowest BCUT2D eigenvalue weighted by Gasteiger charge is -2.13. The molecule has 0 atom stereocenters. The fourth-order valence-electron chi connectivity index (χ4n) is 1.24. The van der Waals surface area contributed by atoms with Gasteiger partial charge in [0.05, 0.1) is 17.4 Å². The lowest BCUT2D eigenvalue weighted by molar-refractivity contribution is 0.231. The summed E-state index contributed by atoms with van der Waals surface area (Å²) in [6.45, 7) is 13.2. The van der Waals surface area contributed by atoms with Crippen molar-refractivity contribution in [2.75, 3.05) is 0 Å². The summed E-state index contributed by atoms with van der Waals surface area (Å²) in [5.41, 5.74) is 1.55. The van der Waals surface area contributed by atoms with Crippen LogP contribution in [0, 0.1) is 6.92 Å². The number of hydrogen-bond donors (Lipinski definition) is 0. The molecule has 0 N–H and O–H groups in total. The smallest absolute Gasteiger partial charge is 0.224 e. The van der Waals surface area contributed by atoms with Gasteiger partial charge in [0.15, 0.2) is 0 Å². The van der Waals surface area contributed by atoms with Gasteiger partial charge in [0, 0.05) is 0 Å². The number of rotatable bonds is 4. The van der Waals surface area contributed by atoms with E-state index in [1.54, 1.807) is 12.2 Å². The van der Waals surface area contributed by atoms with E-state index < -0.39 is 0 Å². The van der Waals surface area contributed by atoms with Crippen LogP contribution in [0.2, 0.25) is 0 Å². The Hall–Kier alpha value is -1.64. The summed E-state index contributed by atoms with van der Waals surface area (Å²) in [5.74, 6) is 1.24. The molecule has 3 heteroatoms. The van der Waals surface area contributed by atoms with E-state index >= 15 is 0 Å². The van der Waals surface area contributed by atoms with Gasteiger partial charge in [-0.2, -0.15) is 4.98 Å². The first-order chi connectivity index (χ1) is 7.08. The van der Waals surface area contributed by atoms with Crippen LogP contribution in [0.1, 0.15) is 30.9 Å². The van der Waals surface area contributed by atoms with Crippen molar-refractivity contribution in [1.29, 1.82) is 0 Å². The molecule has 15 heavy (non-hydrogen) atoms. The fourth-order valence-corrected chi connectivity index (χ4v) is 1.24. The second-order valence-electron chi connectivity index (χ2n) is 3.45. The second-order valence-corrected chi connectivity index (χ2v) is 3.45. The quantitative estimate of drug-likeness (QED) is 0.756. The Morgan fingerprint density at radius 1 is 1.20 bits per heavy atom. The molecule has 0 saturated carbocycles. The van der Waals surface area contributed by atoms with Crippen molar-refractivity contribution >= 4 is 12.2 Å². The van der Waals surface area contributed by atoms with E-state index in [9.17, 15) is 0 Å². The summed E-state index contributed by atoms with van der Waals surface area (Å²) in [7, 11) is 0. The minimum absolute atomic E-state index is 0.0793. The van der Waals surface area contributed by atoms with Gasteiger partial charge in [-0.3, -0.25) is 0 Å². The molecule has 0 bridgehead atoms. The highest BCUT2D eigenvalue weighted by atomic mass is 16.5. The van der Waals surface area contributed by atoms with Crippen LogP contribution in [-0.2, 0) is 0 Å². The molecule has 0 spiro atoms. The molecule has 0 unspecified atom stereocenters. The van der Waals surface area contributed by atoms with Crippen LogP contribution < -0.4 is 4.74 Å². The lowest BCUT2D eigenvalue weighted by atomic mass is 10.2. The van der Waals surface area contributed by atoms with Crippen LogP contribution in [0.3, 0.4) is 0 Å². The number of hydrogen-bond acceptors (Lipinski definition) is 3. The molecule has 1 aromatic heterocycles. The molecule has 1 rings (SSSR count). The molecule has 0 aliphatic carbocycles. The molecular formula is C12H16N2O. The Kier molecular flexibility index (Phi) is 3.61. The van der Waals surface area contributed by atoms with Gasteiger partial charge in [-0.15, -0.1) is 0 Å². The molecule has 80 valence electrons. The van der Waals surface area contributed by atoms with Crippen LogP contribution in [0.5, 0.6) is 5.88 Å². The number of aromatic nitrogens is 2. The van der Waals surface area contributed by atoms with Gasteiger partial charge in [-0.1, -0.05) is 19.2 Å². The van der Waals surface area contributed by atoms with Crippen molar-refractivity contribution in [3.05, 3.63) is 30.2 Å². The van der Waals surface area contributed by atoms with Gasteiger partial charge in [-0.25, -0.2) is 4.98 Å². The SMILES string of the molecule is C=Cc1nc(C)nc(OC(C)C)c1C=C. The zero-order valence-corrected chi connectivity index (χ0v) is 9.45. The van der Waals surface area contributed by atoms with E-state index in [0.717, 1.165) is 11.3 Å². The van der Waals surface area contributed by atoms with Gasteiger partial charge in [-0.05, 0) is 26.8 Å². The molecule has 1 heterocycles. The van der Waals surface area contributed by atoms with E-state index in [1.807, 2.05) is 20.8 Å². The second kappa shape index (κ2) is 4.73. The van der Waals surface area contributed by atoms with Gasteiger partial charge in [0.25, 0.3) is 0 Å². The minimum Gasteiger partial charge on any atom is -0.474 e. The van der Waals surface area contributed by atoms with E-state index in [1.165, 1.54) is 0 Å². The number of ether oxygens (including phenoxy) is 1. The van der Waals surface area contributed by atoms with Crippen LogP contribution in [-0.4, -0.2) is 16.1 Å². The number of nitrogens with zero attached hydrogens (tertiary/aromatic N) is 2. The van der Waals surface area contributed by atoms with Gasteiger partial charge >= 0.3 is 0 Å². The highest BCUT2D eigenvalue weighted by molar-refractivity contribution is 5.64. The lowest BCUT2D eigenvalue weighted by Crippen LogP contribution is -2.10. The predicted molar refractivity (Wildman–Crippen MR) is 62.7 cm³/mol. The Morgan fingerprint density at radius 2 is 1.87 bits per heavy atom. The largest absolute Gasteiger partial charge is 0.474 e. The fraction of sp³-hybridized carbons (Fsp3) is 0.333. The minimum atomic E-state index is 0.0793. The van der Waals surface area contributed by atoms with Crippen LogP contribution in [0.4, 0.5) is 0 Å². The van der Waals surface area contributed by atoms with Crippen LogP contribution in [0.25, 0.3) is 12.2 Å². The molecule has 0 aliphatic rings. The molecule has 0 radical (unpaired) electrons. The third-order valence-electron chi connectivity index (χ3n) is 1.80. The Bertz CT molecular complexity index is 383. The summed E-state index contributed by atoms with van der Waals surface area (Å²) in [6, 6.07) is 0. The molecule has 0 aromatic carbocycles. The maximum Gasteiger partial charge on any atom is 0.224 e. The van der Waals surface area contributed by atoms with E-state index in [4.69, 9.17) is 4.74 Å². The van der Waals surface area contributed by atoms with Crippen molar-refractivity contribution < 1.29 is 4.74 Å². The van der Waals surface area contributed by atoms with Crippen molar-refractivity contribution in [2.45, 2.75) is 26.9 Å². The van der Waals surface area contributed by atoms with Gasteiger partial charge < -0.3 is 4.74 Å². The predicted octanol–water partition coefficient (Wildman–Crippen LogP) is 2.86. The average Bonchev–Trinajstić information content (AvgIpc) is 2.15. The molecule has 1 aromatic rings. The summed E-state index contributed by atoms with van der Waals surface area (Å²) >= 11 is 0. The molecule has 3 nitrogen and oxygen atoms in total. The molecular weight excluding hydrogens is 188 g/mol. The number of aryl methyl sites for hydroxylation is 1. The normalized spacial score (nSPS) is 10.1. The Balaban J connectivity index is 3.28. The summed E-state index contributed by atoms with van der Waals surface area (Å²) in [6.07, 6.45) is 3.45. The Morgan fingerprint density at radius 3 is 2.33 bits per heavy atom. The highest BCUT2D eigenvalue weighted by Gasteiger charge is 2.10. The topological polar surface area (TPSA) is 35.0 Å². The van der Waals surface area contributed by atoms with Crippen molar-refractivity contribution in [3.63, 3.8) is 0 Å². The summed E-state index contributed by atoms with van der Waals surface area (Å²) in [4.78, 5) is 8.49. The van der Waals surface area contributed by atoms with Crippen molar-refractivity contribution in [1.82, 2.24) is 9.97 Å². The zero-order chi connectivity index (χ0) is 11.4. The summed E-state index contributed by atoms with van der Waals surface area (Å²) < 4.78 is 5.59. The first-order valence-corrected chi connectivity index (χ1v) is 4.88. The maximum absolute atomic E-state index is 5.59. The third-order valence-corrected chi connectivity index (χ3v) is 1.80. The average molecular weight is 204 g/mol. The van der Waals surface area contributed by atoms with Crippen LogP contribution >= 0.6 is 0 Å². The highest BCUT2D eigenvalue weighted by Crippen LogP contribution is 2.22. The van der Waals surface area contributed by atoms with E-state index in [0.29, 0.717) is 11.7 Å². The van der Waals surface area contributed by atoms with E-state index in [2.05, 4.69) is 23.1 Å². The third kappa shape index (κ3) is 2.65.